The van der Waals surface area contributed by atoms with E-state index in [1.165, 1.54) is 19.3 Å². The summed E-state index contributed by atoms with van der Waals surface area (Å²) in [5.41, 5.74) is 2.13. The molecule has 1 N–H and O–H groups in total. The third-order valence-electron chi connectivity index (χ3n) is 6.44. The molecule has 0 spiro atoms. The first-order valence-corrected chi connectivity index (χ1v) is 11.3. The maximum Gasteiger partial charge on any atom is 0.233 e. The molecule has 162 valence electrons. The molecule has 0 radical (unpaired) electrons. The van der Waals surface area contributed by atoms with Gasteiger partial charge in [0, 0.05) is 49.3 Å². The van der Waals surface area contributed by atoms with Crippen LogP contribution in [0.2, 0.25) is 0 Å². The van der Waals surface area contributed by atoms with Gasteiger partial charge in [-0.3, -0.25) is 4.79 Å². The first-order valence-electron chi connectivity index (χ1n) is 11.3. The van der Waals surface area contributed by atoms with Gasteiger partial charge in [0.15, 0.2) is 5.82 Å². The van der Waals surface area contributed by atoms with Crippen molar-refractivity contribution in [1.82, 2.24) is 20.1 Å². The number of carbonyl (C=O) groups excluding carboxylic acids is 1. The fraction of sp³-hybridized carbons (Fsp3) is 0.458. The van der Waals surface area contributed by atoms with Crippen LogP contribution in [0.5, 0.6) is 5.88 Å². The van der Waals surface area contributed by atoms with Gasteiger partial charge in [0.2, 0.25) is 11.8 Å². The fourth-order valence-corrected chi connectivity index (χ4v) is 4.64. The number of fused-ring (bicyclic) bond motifs is 1. The number of ether oxygens (including phenoxy) is 1. The lowest BCUT2D eigenvalue weighted by atomic mass is 9.98. The molecule has 2 fully saturated rings. The molecule has 0 atom stereocenters. The van der Waals surface area contributed by atoms with Crippen molar-refractivity contribution >= 4 is 22.6 Å². The number of hydrogen-bond acceptors (Lipinski definition) is 5. The molecule has 1 aliphatic heterocycles. The Labute approximate surface area is 182 Å². The molecule has 5 rings (SSSR count). The van der Waals surface area contributed by atoms with Gasteiger partial charge in [-0.1, -0.05) is 24.6 Å². The number of piperazine rings is 1. The van der Waals surface area contributed by atoms with Gasteiger partial charge in [-0.2, -0.15) is 0 Å². The summed E-state index contributed by atoms with van der Waals surface area (Å²) in [7, 11) is 0. The van der Waals surface area contributed by atoms with Crippen molar-refractivity contribution in [2.24, 2.45) is 0 Å². The van der Waals surface area contributed by atoms with Gasteiger partial charge in [-0.15, -0.1) is 10.2 Å². The highest BCUT2D eigenvalue weighted by atomic mass is 16.5. The zero-order chi connectivity index (χ0) is 21.0. The Morgan fingerprint density at radius 2 is 1.81 bits per heavy atom. The van der Waals surface area contributed by atoms with Gasteiger partial charge in [0.25, 0.3) is 0 Å². The van der Waals surface area contributed by atoms with Crippen LogP contribution >= 0.6 is 0 Å². The van der Waals surface area contributed by atoms with Crippen molar-refractivity contribution < 1.29 is 9.53 Å². The number of aromatic nitrogens is 3. The van der Waals surface area contributed by atoms with E-state index in [9.17, 15) is 4.79 Å². The van der Waals surface area contributed by atoms with Crippen molar-refractivity contribution in [2.45, 2.75) is 44.6 Å². The molecule has 1 saturated carbocycles. The number of H-pyrrole nitrogens is 1. The van der Waals surface area contributed by atoms with Crippen LogP contribution in [0.15, 0.2) is 42.6 Å². The number of anilines is 1. The van der Waals surface area contributed by atoms with Crippen LogP contribution in [0.1, 0.15) is 37.7 Å². The number of aromatic amines is 1. The van der Waals surface area contributed by atoms with Crippen molar-refractivity contribution in [2.75, 3.05) is 31.1 Å². The van der Waals surface area contributed by atoms with Crippen molar-refractivity contribution in [3.05, 3.63) is 48.2 Å². The lowest BCUT2D eigenvalue weighted by Gasteiger charge is -2.35. The Hall–Kier alpha value is -3.09. The molecule has 1 aromatic carbocycles. The number of benzene rings is 1. The molecule has 3 heterocycles. The first kappa shape index (κ1) is 19.8. The second-order valence-electron chi connectivity index (χ2n) is 8.51. The Kier molecular flexibility index (Phi) is 5.74. The van der Waals surface area contributed by atoms with Crippen molar-refractivity contribution in [1.29, 1.82) is 0 Å². The van der Waals surface area contributed by atoms with Gasteiger partial charge in [-0.25, -0.2) is 0 Å². The van der Waals surface area contributed by atoms with E-state index in [1.807, 2.05) is 41.4 Å². The van der Waals surface area contributed by atoms with Crippen LogP contribution in [0, 0.1) is 0 Å². The molecule has 1 aliphatic carbocycles. The number of nitrogens with zero attached hydrogens (tertiary/aromatic N) is 4. The van der Waals surface area contributed by atoms with E-state index in [4.69, 9.17) is 4.74 Å². The van der Waals surface area contributed by atoms with Crippen molar-refractivity contribution in [3.63, 3.8) is 0 Å². The number of para-hydroxylation sites is 1. The predicted octanol–water partition coefficient (Wildman–Crippen LogP) is 3.56. The Morgan fingerprint density at radius 3 is 2.58 bits per heavy atom. The molecule has 3 aromatic rings. The minimum Gasteiger partial charge on any atom is -0.473 e. The fourth-order valence-electron chi connectivity index (χ4n) is 4.64. The highest BCUT2D eigenvalue weighted by Gasteiger charge is 2.23. The second-order valence-corrected chi connectivity index (χ2v) is 8.51. The molecule has 0 unspecified atom stereocenters. The van der Waals surface area contributed by atoms with Gasteiger partial charge < -0.3 is 19.5 Å². The molecule has 1 amide bonds. The van der Waals surface area contributed by atoms with Crippen LogP contribution in [0.3, 0.4) is 0 Å². The lowest BCUT2D eigenvalue weighted by Crippen LogP contribution is -2.49. The van der Waals surface area contributed by atoms with Crippen molar-refractivity contribution in [3.8, 4) is 5.88 Å². The maximum atomic E-state index is 12.8. The van der Waals surface area contributed by atoms with Crippen LogP contribution in [-0.4, -0.2) is 58.3 Å². The van der Waals surface area contributed by atoms with Crippen LogP contribution < -0.4 is 9.64 Å². The van der Waals surface area contributed by atoms with E-state index in [-0.39, 0.29) is 12.0 Å². The number of amides is 1. The van der Waals surface area contributed by atoms with Gasteiger partial charge in [0.1, 0.15) is 6.10 Å². The number of nitrogens with one attached hydrogen (secondary N) is 1. The monoisotopic (exact) mass is 419 g/mol. The molecular formula is C24H29N5O2. The van der Waals surface area contributed by atoms with Crippen LogP contribution in [-0.2, 0) is 11.2 Å². The third kappa shape index (κ3) is 4.50. The maximum absolute atomic E-state index is 12.8. The van der Waals surface area contributed by atoms with E-state index >= 15 is 0 Å². The van der Waals surface area contributed by atoms with E-state index in [0.29, 0.717) is 25.4 Å². The summed E-state index contributed by atoms with van der Waals surface area (Å²) >= 11 is 0. The Bertz CT molecular complexity index is 1020. The van der Waals surface area contributed by atoms with Gasteiger partial charge >= 0.3 is 0 Å². The average Bonchev–Trinajstić information content (AvgIpc) is 3.23. The first-order chi connectivity index (χ1) is 15.3. The van der Waals surface area contributed by atoms with E-state index in [1.54, 1.807) is 0 Å². The molecule has 2 aromatic heterocycles. The normalized spacial score (nSPS) is 17.8. The Morgan fingerprint density at radius 1 is 1.00 bits per heavy atom. The summed E-state index contributed by atoms with van der Waals surface area (Å²) in [6, 6.07) is 12.0. The second kappa shape index (κ2) is 8.96. The molecule has 7 nitrogen and oxygen atoms in total. The predicted molar refractivity (Wildman–Crippen MR) is 120 cm³/mol. The molecule has 1 saturated heterocycles. The molecule has 7 heteroatoms. The summed E-state index contributed by atoms with van der Waals surface area (Å²) in [5.74, 6) is 1.63. The minimum absolute atomic E-state index is 0.173. The molecule has 0 bridgehead atoms. The molecule has 2 aliphatic rings. The largest absolute Gasteiger partial charge is 0.473 e. The van der Waals surface area contributed by atoms with E-state index < -0.39 is 0 Å². The number of carbonyl (C=O) groups is 1. The van der Waals surface area contributed by atoms with Crippen LogP contribution in [0.4, 0.5) is 5.82 Å². The summed E-state index contributed by atoms with van der Waals surface area (Å²) in [6.07, 6.45) is 8.65. The quantitative estimate of drug-likeness (QED) is 0.684. The number of rotatable bonds is 5. The topological polar surface area (TPSA) is 74.4 Å². The standard InChI is InChI=1S/C24H29N5O2/c30-24(16-18-17-25-21-9-5-4-8-20(18)21)29-14-12-28(13-15-29)22-10-11-23(27-26-22)31-19-6-2-1-3-7-19/h4-5,8-11,17,19,25H,1-3,6-7,12-16H2. The lowest BCUT2D eigenvalue weighted by molar-refractivity contribution is -0.130. The summed E-state index contributed by atoms with van der Waals surface area (Å²) in [6.45, 7) is 2.92. The summed E-state index contributed by atoms with van der Waals surface area (Å²) < 4.78 is 5.98. The molecular weight excluding hydrogens is 390 g/mol. The number of hydrogen-bond donors (Lipinski definition) is 1. The van der Waals surface area contributed by atoms with Gasteiger partial charge in [-0.05, 0) is 43.4 Å². The smallest absolute Gasteiger partial charge is 0.233 e. The Balaban J connectivity index is 1.14. The zero-order valence-electron chi connectivity index (χ0n) is 17.8. The third-order valence-corrected chi connectivity index (χ3v) is 6.44. The highest BCUT2D eigenvalue weighted by Crippen LogP contribution is 2.23. The zero-order valence-corrected chi connectivity index (χ0v) is 17.8. The van der Waals surface area contributed by atoms with Crippen LogP contribution in [0.25, 0.3) is 10.9 Å². The average molecular weight is 420 g/mol. The van der Waals surface area contributed by atoms with Gasteiger partial charge in [0.05, 0.1) is 6.42 Å². The molecule has 31 heavy (non-hydrogen) atoms. The van der Waals surface area contributed by atoms with E-state index in [0.717, 1.165) is 48.2 Å². The minimum atomic E-state index is 0.173. The summed E-state index contributed by atoms with van der Waals surface area (Å²) in [5, 5.41) is 9.78. The SMILES string of the molecule is O=C(Cc1c[nH]c2ccccc12)N1CCN(c2ccc(OC3CCCCC3)nn2)CC1. The van der Waals surface area contributed by atoms with E-state index in [2.05, 4.69) is 26.1 Å². The summed E-state index contributed by atoms with van der Waals surface area (Å²) in [4.78, 5) is 20.2. The highest BCUT2D eigenvalue weighted by molar-refractivity contribution is 5.89.